The Morgan fingerprint density at radius 3 is 2.57 bits per heavy atom. The van der Waals surface area contributed by atoms with Crippen LogP contribution in [0.25, 0.3) is 55.7 Å². The molecule has 0 aliphatic rings. The minimum Gasteiger partial charge on any atom is -0.353 e. The Morgan fingerprint density at radius 2 is 1.76 bits per heavy atom. The topological polar surface area (TPSA) is 129 Å². The van der Waals surface area contributed by atoms with Gasteiger partial charge in [0, 0.05) is 52.6 Å². The van der Waals surface area contributed by atoms with Crippen molar-refractivity contribution in [3.8, 4) is 33.9 Å². The SMILES string of the molecule is CS(=O)(=O)NCc1cc(F)cc(-c2nccc3[nH]c(-c4n[nH]c5ccc(-c6cnccn6)cc45)cc23)c1. The van der Waals surface area contributed by atoms with Crippen LogP contribution in [0.1, 0.15) is 5.56 Å². The van der Waals surface area contributed by atoms with Crippen molar-refractivity contribution in [3.05, 3.63) is 84.7 Å². The van der Waals surface area contributed by atoms with Crippen molar-refractivity contribution in [1.82, 2.24) is 34.9 Å². The number of pyridine rings is 1. The van der Waals surface area contributed by atoms with E-state index in [-0.39, 0.29) is 6.54 Å². The van der Waals surface area contributed by atoms with Crippen molar-refractivity contribution >= 4 is 31.8 Å². The van der Waals surface area contributed by atoms with Crippen LogP contribution in [-0.4, -0.2) is 44.8 Å². The third kappa shape index (κ3) is 4.57. The Kier molecular flexibility index (Phi) is 5.50. The Bertz CT molecular complexity index is 1880. The van der Waals surface area contributed by atoms with Gasteiger partial charge in [-0.15, -0.1) is 0 Å². The van der Waals surface area contributed by atoms with E-state index >= 15 is 0 Å². The number of aromatic nitrogens is 6. The molecular weight excluding hydrogens is 493 g/mol. The van der Waals surface area contributed by atoms with Gasteiger partial charge >= 0.3 is 0 Å². The fourth-order valence-corrected chi connectivity index (χ4v) is 4.77. The van der Waals surface area contributed by atoms with E-state index < -0.39 is 15.8 Å². The van der Waals surface area contributed by atoms with E-state index in [1.54, 1.807) is 30.9 Å². The number of sulfonamides is 1. The molecule has 0 radical (unpaired) electrons. The van der Waals surface area contributed by atoms with Crippen LogP contribution in [0.2, 0.25) is 0 Å². The molecule has 9 nitrogen and oxygen atoms in total. The molecule has 4 heterocycles. The molecule has 0 aliphatic carbocycles. The fourth-order valence-electron chi connectivity index (χ4n) is 4.34. The van der Waals surface area contributed by atoms with Crippen LogP contribution >= 0.6 is 0 Å². The zero-order valence-electron chi connectivity index (χ0n) is 19.5. The molecule has 0 saturated carbocycles. The van der Waals surface area contributed by atoms with Crippen molar-refractivity contribution < 1.29 is 12.8 Å². The molecule has 0 saturated heterocycles. The standard InChI is InChI=1S/C26H20FN7O2S/c1-37(35,36)31-13-15-8-17(10-18(27)9-15)25-20-12-23(32-21(20)4-5-30-25)26-19-11-16(2-3-22(19)33-34-26)24-14-28-6-7-29-24/h2-12,14,31-32H,13H2,1H3,(H,33,34). The second-order valence-corrected chi connectivity index (χ2v) is 10.5. The number of nitrogens with one attached hydrogen (secondary N) is 3. The van der Waals surface area contributed by atoms with Gasteiger partial charge in [-0.3, -0.25) is 20.1 Å². The molecule has 6 rings (SSSR count). The number of H-pyrrole nitrogens is 2. The summed E-state index contributed by atoms with van der Waals surface area (Å²) in [4.78, 5) is 16.4. The van der Waals surface area contributed by atoms with E-state index in [9.17, 15) is 12.8 Å². The van der Waals surface area contributed by atoms with Crippen LogP contribution in [0.5, 0.6) is 0 Å². The molecule has 0 fully saturated rings. The van der Waals surface area contributed by atoms with Crippen LogP contribution in [0, 0.1) is 5.82 Å². The molecule has 0 atom stereocenters. The molecule has 0 spiro atoms. The van der Waals surface area contributed by atoms with Gasteiger partial charge in [-0.25, -0.2) is 17.5 Å². The van der Waals surface area contributed by atoms with E-state index in [0.29, 0.717) is 16.8 Å². The quantitative estimate of drug-likeness (QED) is 0.302. The van der Waals surface area contributed by atoms with E-state index in [2.05, 4.69) is 34.9 Å². The van der Waals surface area contributed by atoms with Crippen molar-refractivity contribution in [2.24, 2.45) is 0 Å². The van der Waals surface area contributed by atoms with Crippen LogP contribution < -0.4 is 4.72 Å². The van der Waals surface area contributed by atoms with Crippen LogP contribution in [0.3, 0.4) is 0 Å². The lowest BCUT2D eigenvalue weighted by molar-refractivity contribution is 0.586. The fraction of sp³-hybridized carbons (Fsp3) is 0.0769. The van der Waals surface area contributed by atoms with E-state index in [1.807, 2.05) is 30.3 Å². The van der Waals surface area contributed by atoms with E-state index in [0.717, 1.165) is 50.7 Å². The molecule has 0 bridgehead atoms. The molecule has 11 heteroatoms. The highest BCUT2D eigenvalue weighted by Gasteiger charge is 2.16. The van der Waals surface area contributed by atoms with Gasteiger partial charge in [-0.05, 0) is 48.0 Å². The second-order valence-electron chi connectivity index (χ2n) is 8.67. The number of nitrogens with zero attached hydrogens (tertiary/aromatic N) is 4. The first-order chi connectivity index (χ1) is 17.8. The number of aromatic amines is 2. The minimum absolute atomic E-state index is 0.0225. The predicted octanol–water partition coefficient (Wildman–Crippen LogP) is 4.42. The first-order valence-corrected chi connectivity index (χ1v) is 13.2. The molecule has 0 amide bonds. The van der Waals surface area contributed by atoms with Gasteiger partial charge in [0.05, 0.1) is 35.1 Å². The first kappa shape index (κ1) is 23.0. The molecule has 37 heavy (non-hydrogen) atoms. The zero-order chi connectivity index (χ0) is 25.6. The lowest BCUT2D eigenvalue weighted by Crippen LogP contribution is -2.21. The Hall–Kier alpha value is -4.48. The lowest BCUT2D eigenvalue weighted by atomic mass is 10.0. The molecular formula is C26H20FN7O2S. The van der Waals surface area contributed by atoms with Gasteiger partial charge in [-0.1, -0.05) is 6.07 Å². The van der Waals surface area contributed by atoms with Crippen molar-refractivity contribution in [3.63, 3.8) is 0 Å². The summed E-state index contributed by atoms with van der Waals surface area (Å²) in [5.74, 6) is -0.479. The maximum absolute atomic E-state index is 14.5. The Labute approximate surface area is 210 Å². The number of halogens is 1. The zero-order valence-corrected chi connectivity index (χ0v) is 20.3. The average Bonchev–Trinajstić information content (AvgIpc) is 3.51. The summed E-state index contributed by atoms with van der Waals surface area (Å²) in [5, 5.41) is 9.30. The summed E-state index contributed by atoms with van der Waals surface area (Å²) >= 11 is 0. The highest BCUT2D eigenvalue weighted by Crippen LogP contribution is 2.34. The second kappa shape index (κ2) is 8.87. The average molecular weight is 514 g/mol. The molecule has 0 unspecified atom stereocenters. The van der Waals surface area contributed by atoms with Gasteiger partial charge in [0.1, 0.15) is 11.5 Å². The summed E-state index contributed by atoms with van der Waals surface area (Å²) in [7, 11) is -3.42. The lowest BCUT2D eigenvalue weighted by Gasteiger charge is -2.07. The summed E-state index contributed by atoms with van der Waals surface area (Å²) in [6, 6.07) is 14.1. The van der Waals surface area contributed by atoms with Gasteiger partial charge in [0.2, 0.25) is 10.0 Å². The number of rotatable bonds is 6. The smallest absolute Gasteiger partial charge is 0.209 e. The number of hydrogen-bond donors (Lipinski definition) is 3. The van der Waals surface area contributed by atoms with Crippen molar-refractivity contribution in [1.29, 1.82) is 0 Å². The van der Waals surface area contributed by atoms with Gasteiger partial charge < -0.3 is 4.98 Å². The van der Waals surface area contributed by atoms with Crippen molar-refractivity contribution in [2.45, 2.75) is 6.54 Å². The summed E-state index contributed by atoms with van der Waals surface area (Å²) < 4.78 is 39.9. The van der Waals surface area contributed by atoms with E-state index in [1.165, 1.54) is 12.1 Å². The number of fused-ring (bicyclic) bond motifs is 2. The largest absolute Gasteiger partial charge is 0.353 e. The normalized spacial score (nSPS) is 11.9. The Morgan fingerprint density at radius 1 is 0.892 bits per heavy atom. The predicted molar refractivity (Wildman–Crippen MR) is 139 cm³/mol. The highest BCUT2D eigenvalue weighted by molar-refractivity contribution is 7.88. The first-order valence-electron chi connectivity index (χ1n) is 11.3. The number of hydrogen-bond acceptors (Lipinski definition) is 6. The highest BCUT2D eigenvalue weighted by atomic mass is 32.2. The van der Waals surface area contributed by atoms with Gasteiger partial charge in [0.25, 0.3) is 0 Å². The molecule has 2 aromatic carbocycles. The van der Waals surface area contributed by atoms with Crippen molar-refractivity contribution in [2.75, 3.05) is 6.26 Å². The molecule has 4 aromatic heterocycles. The molecule has 184 valence electrons. The summed E-state index contributed by atoms with van der Waals surface area (Å²) in [6.07, 6.45) is 7.70. The molecule has 3 N–H and O–H groups in total. The van der Waals surface area contributed by atoms with Crippen LogP contribution in [-0.2, 0) is 16.6 Å². The third-order valence-electron chi connectivity index (χ3n) is 5.99. The number of benzene rings is 2. The maximum atomic E-state index is 14.5. The molecule has 0 aliphatic heterocycles. The monoisotopic (exact) mass is 513 g/mol. The minimum atomic E-state index is -3.42. The van der Waals surface area contributed by atoms with Gasteiger partial charge in [0.15, 0.2) is 0 Å². The maximum Gasteiger partial charge on any atom is 0.209 e. The Balaban J connectivity index is 1.44. The summed E-state index contributed by atoms with van der Waals surface area (Å²) in [6.45, 7) is -0.0225. The third-order valence-corrected chi connectivity index (χ3v) is 6.66. The van der Waals surface area contributed by atoms with Crippen LogP contribution in [0.4, 0.5) is 4.39 Å². The summed E-state index contributed by atoms with van der Waals surface area (Å²) in [5.41, 5.74) is 6.43. The molecule has 6 aromatic rings. The van der Waals surface area contributed by atoms with Gasteiger partial charge in [-0.2, -0.15) is 5.10 Å². The van der Waals surface area contributed by atoms with E-state index in [4.69, 9.17) is 0 Å². The van der Waals surface area contributed by atoms with Crippen LogP contribution in [0.15, 0.2) is 73.3 Å².